The molecule has 30 heavy (non-hydrogen) atoms. The van der Waals surface area contributed by atoms with Crippen molar-refractivity contribution in [2.24, 2.45) is 0 Å². The fourth-order valence-electron chi connectivity index (χ4n) is 2.64. The van der Waals surface area contributed by atoms with Crippen LogP contribution in [0, 0.1) is 20.2 Å². The molecule has 10 nitrogen and oxygen atoms in total. The van der Waals surface area contributed by atoms with Crippen molar-refractivity contribution in [1.29, 1.82) is 0 Å². The third kappa shape index (κ3) is 4.33. The van der Waals surface area contributed by atoms with Gasteiger partial charge < -0.3 is 9.47 Å². The SMILES string of the molecule is CC(=O)Oc1c(/C=C2\C=C(c3ccc(Cl)cc3)OC2=O)cc([N+](=O)[O-])cc1[N+](=O)[O-]. The van der Waals surface area contributed by atoms with Crippen LogP contribution in [0.3, 0.4) is 0 Å². The van der Waals surface area contributed by atoms with Gasteiger partial charge in [-0.1, -0.05) is 11.6 Å². The van der Waals surface area contributed by atoms with Gasteiger partial charge in [0.1, 0.15) is 5.76 Å². The van der Waals surface area contributed by atoms with E-state index in [0.717, 1.165) is 19.1 Å². The van der Waals surface area contributed by atoms with E-state index >= 15 is 0 Å². The highest BCUT2D eigenvalue weighted by atomic mass is 35.5. The molecule has 2 aromatic rings. The van der Waals surface area contributed by atoms with Crippen LogP contribution >= 0.6 is 11.6 Å². The molecule has 0 atom stereocenters. The Balaban J connectivity index is 2.15. The number of nitrogens with zero attached hydrogens (tertiary/aromatic N) is 2. The summed E-state index contributed by atoms with van der Waals surface area (Å²) in [5.41, 5.74) is -1.12. The van der Waals surface area contributed by atoms with Crippen molar-refractivity contribution in [3.8, 4) is 5.75 Å². The molecule has 11 heteroatoms. The van der Waals surface area contributed by atoms with Crippen LogP contribution in [0.25, 0.3) is 11.8 Å². The molecule has 2 aromatic carbocycles. The van der Waals surface area contributed by atoms with Crippen molar-refractivity contribution >= 4 is 46.7 Å². The number of non-ortho nitro benzene ring substituents is 1. The molecular weight excluding hydrogens is 420 g/mol. The van der Waals surface area contributed by atoms with Crippen molar-refractivity contribution in [2.75, 3.05) is 0 Å². The van der Waals surface area contributed by atoms with E-state index < -0.39 is 38.9 Å². The van der Waals surface area contributed by atoms with Crippen molar-refractivity contribution in [3.63, 3.8) is 0 Å². The predicted molar refractivity (Wildman–Crippen MR) is 105 cm³/mol. The maximum absolute atomic E-state index is 12.3. The number of ether oxygens (including phenoxy) is 2. The van der Waals surface area contributed by atoms with Gasteiger partial charge in [0.15, 0.2) is 0 Å². The molecule has 0 bridgehead atoms. The minimum atomic E-state index is -0.921. The molecule has 0 aliphatic carbocycles. The Bertz CT molecular complexity index is 1150. The molecule has 0 saturated heterocycles. The lowest BCUT2D eigenvalue weighted by atomic mass is 10.1. The van der Waals surface area contributed by atoms with Crippen LogP contribution in [0.2, 0.25) is 5.02 Å². The maximum atomic E-state index is 12.3. The molecule has 0 N–H and O–H groups in total. The summed E-state index contributed by atoms with van der Waals surface area (Å²) in [6.07, 6.45) is 2.47. The van der Waals surface area contributed by atoms with Crippen LogP contribution in [0.5, 0.6) is 5.75 Å². The number of carbonyl (C=O) groups excluding carboxylic acids is 2. The third-order valence-corrected chi connectivity index (χ3v) is 4.15. The summed E-state index contributed by atoms with van der Waals surface area (Å²) in [6, 6.07) is 8.05. The van der Waals surface area contributed by atoms with Gasteiger partial charge in [0.2, 0.25) is 5.75 Å². The average Bonchev–Trinajstić information content (AvgIpc) is 3.03. The van der Waals surface area contributed by atoms with E-state index in [4.69, 9.17) is 21.1 Å². The highest BCUT2D eigenvalue weighted by Crippen LogP contribution is 2.38. The fraction of sp³-hybridized carbons (Fsp3) is 0.0526. The zero-order valence-electron chi connectivity index (χ0n) is 15.2. The molecule has 1 aliphatic rings. The van der Waals surface area contributed by atoms with Gasteiger partial charge in [-0.15, -0.1) is 0 Å². The molecule has 0 amide bonds. The first-order valence-electron chi connectivity index (χ1n) is 8.22. The average molecular weight is 431 g/mol. The smallest absolute Gasteiger partial charge is 0.343 e. The number of nitro groups is 2. The molecule has 1 heterocycles. The Morgan fingerprint density at radius 3 is 2.37 bits per heavy atom. The first-order chi connectivity index (χ1) is 14.2. The standard InChI is InChI=1S/C19H11ClN2O8/c1-10(23)29-18-12(7-15(21(25)26)9-16(18)22(27)28)6-13-8-17(30-19(13)24)11-2-4-14(20)5-3-11/h2-9H,1H3/b13-6+. The minimum Gasteiger partial charge on any atom is -0.422 e. The number of rotatable bonds is 5. The number of cyclic esters (lactones) is 1. The second-order valence-electron chi connectivity index (χ2n) is 6.00. The van der Waals surface area contributed by atoms with E-state index in [-0.39, 0.29) is 16.9 Å². The van der Waals surface area contributed by atoms with Crippen LogP contribution in [0.1, 0.15) is 18.1 Å². The van der Waals surface area contributed by atoms with Gasteiger partial charge in [-0.3, -0.25) is 25.0 Å². The largest absolute Gasteiger partial charge is 0.422 e. The number of esters is 2. The van der Waals surface area contributed by atoms with E-state index in [9.17, 15) is 29.8 Å². The second-order valence-corrected chi connectivity index (χ2v) is 6.43. The molecule has 0 unspecified atom stereocenters. The lowest BCUT2D eigenvalue weighted by Gasteiger charge is -2.07. The van der Waals surface area contributed by atoms with Gasteiger partial charge in [0.05, 0.1) is 21.5 Å². The highest BCUT2D eigenvalue weighted by Gasteiger charge is 2.28. The quantitative estimate of drug-likeness (QED) is 0.227. The van der Waals surface area contributed by atoms with Gasteiger partial charge >= 0.3 is 17.6 Å². The van der Waals surface area contributed by atoms with Gasteiger partial charge in [-0.25, -0.2) is 4.79 Å². The van der Waals surface area contributed by atoms with Crippen molar-refractivity contribution < 1.29 is 28.9 Å². The summed E-state index contributed by atoms with van der Waals surface area (Å²) in [7, 11) is 0. The third-order valence-electron chi connectivity index (χ3n) is 3.90. The van der Waals surface area contributed by atoms with Crippen LogP contribution in [-0.2, 0) is 14.3 Å². The topological polar surface area (TPSA) is 139 Å². The highest BCUT2D eigenvalue weighted by molar-refractivity contribution is 6.30. The molecule has 0 spiro atoms. The number of hydrogen-bond acceptors (Lipinski definition) is 8. The van der Waals surface area contributed by atoms with Crippen molar-refractivity contribution in [2.45, 2.75) is 6.92 Å². The molecule has 1 aliphatic heterocycles. The Kier molecular flexibility index (Phi) is 5.61. The normalized spacial score (nSPS) is 14.3. The van der Waals surface area contributed by atoms with Crippen LogP contribution in [0.4, 0.5) is 11.4 Å². The predicted octanol–water partition coefficient (Wildman–Crippen LogP) is 4.06. The minimum absolute atomic E-state index is 0.0526. The number of hydrogen-bond donors (Lipinski definition) is 0. The van der Waals surface area contributed by atoms with E-state index in [2.05, 4.69) is 0 Å². The van der Waals surface area contributed by atoms with Crippen LogP contribution < -0.4 is 4.74 Å². The molecule has 0 radical (unpaired) electrons. The zero-order valence-corrected chi connectivity index (χ0v) is 15.9. The first-order valence-corrected chi connectivity index (χ1v) is 8.60. The summed E-state index contributed by atoms with van der Waals surface area (Å²) < 4.78 is 10.1. The second kappa shape index (κ2) is 8.13. The number of nitro benzene ring substituents is 2. The monoisotopic (exact) mass is 430 g/mol. The Hall–Kier alpha value is -4.05. The number of carbonyl (C=O) groups is 2. The molecular formula is C19H11ClN2O8. The van der Waals surface area contributed by atoms with E-state index in [1.165, 1.54) is 6.08 Å². The molecule has 3 rings (SSSR count). The van der Waals surface area contributed by atoms with Gasteiger partial charge in [-0.05, 0) is 36.4 Å². The molecule has 152 valence electrons. The summed E-state index contributed by atoms with van der Waals surface area (Å²) in [5.74, 6) is -2.00. The fourth-order valence-corrected chi connectivity index (χ4v) is 2.76. The van der Waals surface area contributed by atoms with E-state index in [1.54, 1.807) is 24.3 Å². The summed E-state index contributed by atoms with van der Waals surface area (Å²) in [5, 5.41) is 23.0. The number of halogens is 1. The van der Waals surface area contributed by atoms with Gasteiger partial charge in [-0.2, -0.15) is 0 Å². The maximum Gasteiger partial charge on any atom is 0.343 e. The summed E-state index contributed by atoms with van der Waals surface area (Å²) >= 11 is 5.83. The number of benzene rings is 2. The van der Waals surface area contributed by atoms with Crippen molar-refractivity contribution in [3.05, 3.63) is 84.4 Å². The zero-order chi connectivity index (χ0) is 22.0. The van der Waals surface area contributed by atoms with Crippen LogP contribution in [-0.4, -0.2) is 21.8 Å². The van der Waals surface area contributed by atoms with Gasteiger partial charge in [0, 0.05) is 29.1 Å². The van der Waals surface area contributed by atoms with Crippen LogP contribution in [0.15, 0.2) is 48.0 Å². The van der Waals surface area contributed by atoms with Gasteiger partial charge in [0.25, 0.3) is 5.69 Å². The molecule has 0 aromatic heterocycles. The summed E-state index contributed by atoms with van der Waals surface area (Å²) in [6.45, 7) is 1.02. The Morgan fingerprint density at radius 1 is 1.13 bits per heavy atom. The lowest BCUT2D eigenvalue weighted by Crippen LogP contribution is -2.07. The Labute approximate surface area is 173 Å². The van der Waals surface area contributed by atoms with E-state index in [0.29, 0.717) is 16.7 Å². The molecule has 0 fully saturated rings. The van der Waals surface area contributed by atoms with E-state index in [1.807, 2.05) is 0 Å². The first kappa shape index (κ1) is 20.7. The summed E-state index contributed by atoms with van der Waals surface area (Å²) in [4.78, 5) is 44.4. The lowest BCUT2D eigenvalue weighted by molar-refractivity contribution is -0.394. The van der Waals surface area contributed by atoms with Crippen molar-refractivity contribution in [1.82, 2.24) is 0 Å². The molecule has 0 saturated carbocycles. The Morgan fingerprint density at radius 2 is 1.80 bits per heavy atom.